The fourth-order valence-corrected chi connectivity index (χ4v) is 17.1. The highest BCUT2D eigenvalue weighted by atomic mass is 16.4. The van der Waals surface area contributed by atoms with Gasteiger partial charge in [0.25, 0.3) is 0 Å². The molecule has 0 bridgehead atoms. The first-order chi connectivity index (χ1) is 27.2. The first kappa shape index (κ1) is 44.5. The standard InChI is InChI=1S/C24H40O5.C24H38O5/c2*1-13(4-7-21(28)29)16-5-6-17-22-18(12-20(27)24(16,17)3)23(2)9-8-15(25)10-14(23)11-19(22)26/h13-20,22,25-27H,4-12H2,1-3H3,(H,28,29);13-19,22,25-26H,4-12H2,1-3H3,(H,28,29)/t13?,14-,15+,16+,17-,18-,19+,20-,22-,23-,24+;13?,14-,15+,16+,17-,18-,19+,22-,23-,24+/m00/s1. The molecule has 0 amide bonds. The molecule has 330 valence electrons. The van der Waals surface area contributed by atoms with E-state index >= 15 is 0 Å². The third-order valence-corrected chi connectivity index (χ3v) is 20.4. The number of carboxylic acid groups (broad SMARTS) is 2. The van der Waals surface area contributed by atoms with Crippen molar-refractivity contribution in [1.82, 2.24) is 0 Å². The summed E-state index contributed by atoms with van der Waals surface area (Å²) in [4.78, 5) is 35.8. The zero-order chi connectivity index (χ0) is 42.3. The molecular formula is C48H78O10. The maximum Gasteiger partial charge on any atom is 0.303 e. The minimum absolute atomic E-state index is 0.0348. The molecule has 0 heterocycles. The second-order valence-corrected chi connectivity index (χ2v) is 22.7. The highest BCUT2D eigenvalue weighted by molar-refractivity contribution is 5.87. The average Bonchev–Trinajstić information content (AvgIpc) is 3.70. The molecule has 8 saturated carbocycles. The highest BCUT2D eigenvalue weighted by Crippen LogP contribution is 2.70. The van der Waals surface area contributed by atoms with Crippen LogP contribution >= 0.6 is 0 Å². The first-order valence-corrected chi connectivity index (χ1v) is 23.5. The Bertz CT molecular complexity index is 1530. The average molecular weight is 815 g/mol. The van der Waals surface area contributed by atoms with Crippen molar-refractivity contribution in [3.05, 3.63) is 0 Å². The molecule has 8 aliphatic carbocycles. The van der Waals surface area contributed by atoms with Crippen LogP contribution in [0, 0.1) is 92.7 Å². The third kappa shape index (κ3) is 7.24. The topological polar surface area (TPSA) is 193 Å². The molecule has 2 unspecified atom stereocenters. The number of carbonyl (C=O) groups is 3. The summed E-state index contributed by atoms with van der Waals surface area (Å²) in [6.45, 7) is 13.3. The van der Waals surface area contributed by atoms with Gasteiger partial charge in [0.2, 0.25) is 0 Å². The van der Waals surface area contributed by atoms with Gasteiger partial charge < -0.3 is 35.7 Å². The van der Waals surface area contributed by atoms with Gasteiger partial charge in [-0.05, 0) is 184 Å². The number of aliphatic carboxylic acids is 2. The van der Waals surface area contributed by atoms with Crippen molar-refractivity contribution in [2.45, 2.75) is 188 Å². The van der Waals surface area contributed by atoms with Crippen LogP contribution in [-0.4, -0.2) is 84.0 Å². The summed E-state index contributed by atoms with van der Waals surface area (Å²) in [7, 11) is 0. The molecule has 0 aromatic rings. The summed E-state index contributed by atoms with van der Waals surface area (Å²) in [5.74, 6) is 1.85. The van der Waals surface area contributed by atoms with Gasteiger partial charge in [-0.3, -0.25) is 14.4 Å². The quantitative estimate of drug-likeness (QED) is 0.133. The van der Waals surface area contributed by atoms with E-state index in [1.165, 1.54) is 0 Å². The van der Waals surface area contributed by atoms with Gasteiger partial charge in [0.1, 0.15) is 5.78 Å². The monoisotopic (exact) mass is 815 g/mol. The third-order valence-electron chi connectivity index (χ3n) is 20.4. The molecule has 8 rings (SSSR count). The minimum atomic E-state index is -0.771. The van der Waals surface area contributed by atoms with E-state index in [2.05, 4.69) is 41.5 Å². The Morgan fingerprint density at radius 2 is 1.07 bits per heavy atom. The number of hydrogen-bond donors (Lipinski definition) is 7. The number of fused-ring (bicyclic) bond motifs is 10. The van der Waals surface area contributed by atoms with Crippen LogP contribution in [-0.2, 0) is 14.4 Å². The summed E-state index contributed by atoms with van der Waals surface area (Å²) in [6, 6.07) is 0. The summed E-state index contributed by atoms with van der Waals surface area (Å²) < 4.78 is 0. The maximum atomic E-state index is 13.6. The highest BCUT2D eigenvalue weighted by Gasteiger charge is 2.67. The Morgan fingerprint density at radius 1 is 0.603 bits per heavy atom. The fraction of sp³-hybridized carbons (Fsp3) is 0.938. The van der Waals surface area contributed by atoms with Gasteiger partial charge in [-0.15, -0.1) is 0 Å². The fourth-order valence-electron chi connectivity index (χ4n) is 17.1. The second kappa shape index (κ2) is 16.3. The van der Waals surface area contributed by atoms with E-state index in [1.54, 1.807) is 0 Å². The van der Waals surface area contributed by atoms with Gasteiger partial charge in [0.15, 0.2) is 0 Å². The maximum absolute atomic E-state index is 13.6. The number of rotatable bonds is 8. The number of aliphatic hydroxyl groups excluding tert-OH is 5. The summed E-state index contributed by atoms with van der Waals surface area (Å²) >= 11 is 0. The van der Waals surface area contributed by atoms with Crippen molar-refractivity contribution in [2.75, 3.05) is 0 Å². The predicted molar refractivity (Wildman–Crippen MR) is 219 cm³/mol. The number of ketones is 1. The Kier molecular flexibility index (Phi) is 12.5. The van der Waals surface area contributed by atoms with Crippen LogP contribution in [0.4, 0.5) is 0 Å². The molecule has 0 aliphatic heterocycles. The zero-order valence-corrected chi connectivity index (χ0v) is 36.4. The van der Waals surface area contributed by atoms with Gasteiger partial charge in [0.05, 0.1) is 30.5 Å². The van der Waals surface area contributed by atoms with Gasteiger partial charge in [0, 0.05) is 24.7 Å². The molecule has 0 saturated heterocycles. The van der Waals surface area contributed by atoms with Crippen molar-refractivity contribution in [2.24, 2.45) is 92.7 Å². The van der Waals surface area contributed by atoms with Crippen molar-refractivity contribution in [3.8, 4) is 0 Å². The first-order valence-electron chi connectivity index (χ1n) is 23.5. The van der Waals surface area contributed by atoms with Crippen molar-refractivity contribution in [3.63, 3.8) is 0 Å². The SMILES string of the molecule is CC(CCC(=O)O)[C@H]1CC[C@H]2[C@@H]3[C@H](O)C[C@@H]4C[C@H](O)CC[C@]4(C)[C@H]3CC(=O)[C@]12C.CC(CCC(=O)O)[C@H]1CC[C@H]2[C@@H]3[C@H](O)C[C@@H]4C[C@H](O)CC[C@]4(C)[C@H]3C[C@H](O)[C@]12C. The molecule has 58 heavy (non-hydrogen) atoms. The largest absolute Gasteiger partial charge is 0.481 e. The molecule has 0 aromatic carbocycles. The van der Waals surface area contributed by atoms with Crippen LogP contribution in [0.25, 0.3) is 0 Å². The Morgan fingerprint density at radius 3 is 1.60 bits per heavy atom. The number of aliphatic hydroxyl groups is 5. The van der Waals surface area contributed by atoms with Crippen molar-refractivity contribution >= 4 is 17.7 Å². The molecule has 8 fully saturated rings. The van der Waals surface area contributed by atoms with Crippen LogP contribution in [0.5, 0.6) is 0 Å². The zero-order valence-electron chi connectivity index (χ0n) is 36.4. The second-order valence-electron chi connectivity index (χ2n) is 22.7. The molecule has 8 aliphatic rings. The molecule has 7 N–H and O–H groups in total. The van der Waals surface area contributed by atoms with E-state index in [1.807, 2.05) is 0 Å². The molecular weight excluding hydrogens is 737 g/mol. The van der Waals surface area contributed by atoms with E-state index in [9.17, 15) is 39.9 Å². The van der Waals surface area contributed by atoms with E-state index in [4.69, 9.17) is 10.2 Å². The van der Waals surface area contributed by atoms with Crippen LogP contribution in [0.15, 0.2) is 0 Å². The Balaban J connectivity index is 0.000000177. The van der Waals surface area contributed by atoms with Crippen molar-refractivity contribution < 1.29 is 50.1 Å². The normalized spacial score (nSPS) is 51.6. The molecule has 0 spiro atoms. The summed E-state index contributed by atoms with van der Waals surface area (Å²) in [5.41, 5.74) is -0.541. The molecule has 0 radical (unpaired) electrons. The van der Waals surface area contributed by atoms with Crippen LogP contribution < -0.4 is 0 Å². The van der Waals surface area contributed by atoms with Gasteiger partial charge >= 0.3 is 11.9 Å². The Hall–Kier alpha value is -1.59. The van der Waals surface area contributed by atoms with Crippen LogP contribution in [0.1, 0.15) is 157 Å². The number of carboxylic acids is 2. The molecule has 10 nitrogen and oxygen atoms in total. The van der Waals surface area contributed by atoms with E-state index in [0.29, 0.717) is 54.6 Å². The number of carbonyl (C=O) groups excluding carboxylic acids is 1. The number of Topliss-reactive ketones (excluding diaryl/α,β-unsaturated/α-hetero) is 1. The lowest BCUT2D eigenvalue weighted by molar-refractivity contribution is -0.207. The molecule has 10 heteroatoms. The Labute approximate surface area is 347 Å². The summed E-state index contributed by atoms with van der Waals surface area (Å²) in [6.07, 6.45) is 11.8. The lowest BCUT2D eigenvalue weighted by Gasteiger charge is -2.63. The van der Waals surface area contributed by atoms with Gasteiger partial charge in [-0.1, -0.05) is 41.5 Å². The summed E-state index contributed by atoms with van der Waals surface area (Å²) in [5, 5.41) is 72.5. The van der Waals surface area contributed by atoms with E-state index in [0.717, 1.165) is 83.5 Å². The van der Waals surface area contributed by atoms with Crippen LogP contribution in [0.2, 0.25) is 0 Å². The predicted octanol–water partition coefficient (Wildman–Crippen LogP) is 7.11. The molecule has 21 atom stereocenters. The molecule has 0 aromatic heterocycles. The number of hydrogen-bond acceptors (Lipinski definition) is 8. The van der Waals surface area contributed by atoms with E-state index in [-0.39, 0.29) is 88.8 Å². The van der Waals surface area contributed by atoms with Gasteiger partial charge in [-0.25, -0.2) is 0 Å². The van der Waals surface area contributed by atoms with Crippen LogP contribution in [0.3, 0.4) is 0 Å². The van der Waals surface area contributed by atoms with Crippen molar-refractivity contribution in [1.29, 1.82) is 0 Å². The minimum Gasteiger partial charge on any atom is -0.481 e. The lowest BCUT2D eigenvalue weighted by Crippen LogP contribution is -2.62. The lowest BCUT2D eigenvalue weighted by atomic mass is 9.43. The smallest absolute Gasteiger partial charge is 0.303 e. The van der Waals surface area contributed by atoms with Gasteiger partial charge in [-0.2, -0.15) is 0 Å². The van der Waals surface area contributed by atoms with E-state index < -0.39 is 29.6 Å².